The number of hydrogen-bond donors (Lipinski definition) is 0. The molecule has 4 aromatic rings. The number of carbonyl (C=O) groups excluding carboxylic acids is 1. The van der Waals surface area contributed by atoms with Crippen molar-refractivity contribution in [2.45, 2.75) is 19.8 Å². The summed E-state index contributed by atoms with van der Waals surface area (Å²) >= 11 is 0. The minimum Gasteiger partial charge on any atom is -0.493 e. The van der Waals surface area contributed by atoms with E-state index in [4.69, 9.17) is 23.7 Å². The Kier molecular flexibility index (Phi) is 8.14. The predicted molar refractivity (Wildman–Crippen MR) is 147 cm³/mol. The molecule has 0 aliphatic rings. The van der Waals surface area contributed by atoms with E-state index in [9.17, 15) is 9.59 Å². The fraction of sp³-hybridized carbons (Fsp3) is 0.241. The van der Waals surface area contributed by atoms with E-state index in [-0.39, 0.29) is 22.8 Å². The van der Waals surface area contributed by atoms with Gasteiger partial charge in [0.1, 0.15) is 5.82 Å². The average molecular weight is 532 g/mol. The molecule has 202 valence electrons. The highest BCUT2D eigenvalue weighted by Crippen LogP contribution is 2.38. The third-order valence-corrected chi connectivity index (χ3v) is 5.91. The van der Waals surface area contributed by atoms with E-state index in [0.717, 1.165) is 0 Å². The summed E-state index contributed by atoms with van der Waals surface area (Å²) in [5, 5.41) is 4.91. The molecule has 0 atom stereocenters. The largest absolute Gasteiger partial charge is 0.493 e. The molecule has 0 spiro atoms. The van der Waals surface area contributed by atoms with Gasteiger partial charge in [0.2, 0.25) is 5.75 Å². The number of nitrogens with zero attached hydrogens (tertiary/aromatic N) is 3. The lowest BCUT2D eigenvalue weighted by Gasteiger charge is -2.14. The average Bonchev–Trinajstić information content (AvgIpc) is 2.96. The zero-order valence-electron chi connectivity index (χ0n) is 22.6. The first-order valence-electron chi connectivity index (χ1n) is 12.1. The van der Waals surface area contributed by atoms with E-state index < -0.39 is 5.97 Å². The molecule has 10 heteroatoms. The van der Waals surface area contributed by atoms with Crippen LogP contribution in [0.4, 0.5) is 0 Å². The third kappa shape index (κ3) is 5.54. The third-order valence-electron chi connectivity index (χ3n) is 5.91. The quantitative estimate of drug-likeness (QED) is 0.174. The fourth-order valence-corrected chi connectivity index (χ4v) is 3.96. The number of fused-ring (bicyclic) bond motifs is 1. The highest BCUT2D eigenvalue weighted by atomic mass is 16.6. The van der Waals surface area contributed by atoms with Crippen molar-refractivity contribution < 1.29 is 28.5 Å². The van der Waals surface area contributed by atoms with E-state index in [1.54, 1.807) is 36.4 Å². The number of hydrogen-bond acceptors (Lipinski definition) is 9. The second-order valence-electron chi connectivity index (χ2n) is 8.72. The molecule has 0 aliphatic carbocycles. The maximum Gasteiger partial charge on any atom is 0.343 e. The highest BCUT2D eigenvalue weighted by molar-refractivity contribution is 5.93. The maximum absolute atomic E-state index is 13.1. The molecule has 4 rings (SSSR count). The first-order valence-corrected chi connectivity index (χ1v) is 12.1. The summed E-state index contributed by atoms with van der Waals surface area (Å²) in [5.41, 5.74) is 1.18. The van der Waals surface area contributed by atoms with Crippen LogP contribution in [-0.2, 0) is 0 Å². The van der Waals surface area contributed by atoms with Gasteiger partial charge in [0.05, 0.1) is 51.1 Å². The zero-order valence-corrected chi connectivity index (χ0v) is 22.6. The van der Waals surface area contributed by atoms with Crippen LogP contribution in [0.2, 0.25) is 0 Å². The Morgan fingerprint density at radius 3 is 2.15 bits per heavy atom. The molecule has 0 N–H and O–H groups in total. The molecule has 0 saturated heterocycles. The summed E-state index contributed by atoms with van der Waals surface area (Å²) in [6.07, 6.45) is 1.52. The first-order chi connectivity index (χ1) is 18.8. The van der Waals surface area contributed by atoms with Gasteiger partial charge >= 0.3 is 5.97 Å². The van der Waals surface area contributed by atoms with Crippen LogP contribution in [-0.4, -0.2) is 50.3 Å². The summed E-state index contributed by atoms with van der Waals surface area (Å²) in [7, 11) is 5.86. The van der Waals surface area contributed by atoms with Crippen molar-refractivity contribution in [3.8, 4) is 28.7 Å². The number of ether oxygens (including phenoxy) is 5. The number of para-hydroxylation sites is 1. The number of rotatable bonds is 9. The highest BCUT2D eigenvalue weighted by Gasteiger charge is 2.20. The minimum atomic E-state index is -0.649. The fourth-order valence-electron chi connectivity index (χ4n) is 3.96. The van der Waals surface area contributed by atoms with Crippen molar-refractivity contribution in [1.29, 1.82) is 0 Å². The Balaban J connectivity index is 1.64. The Hall–Kier alpha value is -4.86. The molecule has 0 amide bonds. The number of carbonyl (C=O) groups is 1. The van der Waals surface area contributed by atoms with Gasteiger partial charge in [-0.05, 0) is 48.0 Å². The minimum absolute atomic E-state index is 0.0361. The van der Waals surface area contributed by atoms with Crippen LogP contribution in [0, 0.1) is 0 Å². The Morgan fingerprint density at radius 1 is 0.872 bits per heavy atom. The van der Waals surface area contributed by atoms with Gasteiger partial charge in [-0.1, -0.05) is 26.0 Å². The van der Waals surface area contributed by atoms with E-state index in [0.29, 0.717) is 45.3 Å². The molecule has 3 aromatic carbocycles. The van der Waals surface area contributed by atoms with E-state index >= 15 is 0 Å². The van der Waals surface area contributed by atoms with Gasteiger partial charge in [0.25, 0.3) is 5.56 Å². The van der Waals surface area contributed by atoms with Crippen LogP contribution in [0.15, 0.2) is 64.5 Å². The molecule has 0 saturated carbocycles. The molecule has 1 aromatic heterocycles. The molecule has 0 fully saturated rings. The normalized spacial score (nSPS) is 11.2. The summed E-state index contributed by atoms with van der Waals surface area (Å²) < 4.78 is 28.3. The van der Waals surface area contributed by atoms with Gasteiger partial charge < -0.3 is 23.7 Å². The number of esters is 1. The Morgan fingerprint density at radius 2 is 1.54 bits per heavy atom. The first kappa shape index (κ1) is 27.2. The topological polar surface area (TPSA) is 110 Å². The van der Waals surface area contributed by atoms with Crippen LogP contribution in [0.3, 0.4) is 0 Å². The van der Waals surface area contributed by atoms with Crippen LogP contribution >= 0.6 is 0 Å². The Labute approximate surface area is 225 Å². The van der Waals surface area contributed by atoms with Gasteiger partial charge in [-0.2, -0.15) is 9.78 Å². The standard InChI is InChI=1S/C29H29N3O7/c1-17(2)27-31-21-10-8-7-9-20(21)28(33)32(27)30-16-18-11-12-22(23(13-18)35-3)39-29(34)19-14-24(36-4)26(38-6)25(15-19)37-5/h7-17H,1-6H3. The number of methoxy groups -OCH3 is 4. The molecular weight excluding hydrogens is 502 g/mol. The monoisotopic (exact) mass is 531 g/mol. The van der Waals surface area contributed by atoms with Crippen LogP contribution in [0.25, 0.3) is 10.9 Å². The summed E-state index contributed by atoms with van der Waals surface area (Å²) in [4.78, 5) is 30.7. The van der Waals surface area contributed by atoms with Crippen molar-refractivity contribution in [1.82, 2.24) is 9.66 Å². The predicted octanol–water partition coefficient (Wildman–Crippen LogP) is 4.66. The summed E-state index contributed by atoms with van der Waals surface area (Å²) in [6.45, 7) is 3.89. The van der Waals surface area contributed by atoms with Crippen molar-refractivity contribution >= 4 is 23.1 Å². The maximum atomic E-state index is 13.1. The lowest BCUT2D eigenvalue weighted by atomic mass is 10.1. The molecule has 1 heterocycles. The van der Waals surface area contributed by atoms with Crippen molar-refractivity contribution in [3.63, 3.8) is 0 Å². The van der Waals surface area contributed by atoms with Crippen molar-refractivity contribution in [2.24, 2.45) is 5.10 Å². The SMILES string of the molecule is COc1cc(C=Nn2c(C(C)C)nc3ccccc3c2=O)ccc1OC(=O)c1cc(OC)c(OC)c(OC)c1. The Bertz CT molecular complexity index is 1580. The van der Waals surface area contributed by atoms with Gasteiger partial charge in [-0.15, -0.1) is 0 Å². The second kappa shape index (κ2) is 11.7. The van der Waals surface area contributed by atoms with Crippen molar-refractivity contribution in [3.05, 3.63) is 81.9 Å². The number of aromatic nitrogens is 2. The molecule has 0 radical (unpaired) electrons. The lowest BCUT2D eigenvalue weighted by Crippen LogP contribution is -2.23. The van der Waals surface area contributed by atoms with Crippen LogP contribution < -0.4 is 29.2 Å². The molecular formula is C29H29N3O7. The summed E-state index contributed by atoms with van der Waals surface area (Å²) in [6, 6.07) is 15.1. The van der Waals surface area contributed by atoms with Crippen LogP contribution in [0.5, 0.6) is 28.7 Å². The molecule has 39 heavy (non-hydrogen) atoms. The lowest BCUT2D eigenvalue weighted by molar-refractivity contribution is 0.0728. The van der Waals surface area contributed by atoms with E-state index in [2.05, 4.69) is 10.1 Å². The van der Waals surface area contributed by atoms with Gasteiger partial charge in [0, 0.05) is 5.92 Å². The van der Waals surface area contributed by atoms with Gasteiger partial charge in [-0.3, -0.25) is 4.79 Å². The zero-order chi connectivity index (χ0) is 28.1. The van der Waals surface area contributed by atoms with Gasteiger partial charge in [-0.25, -0.2) is 9.78 Å². The molecule has 0 unspecified atom stereocenters. The van der Waals surface area contributed by atoms with E-state index in [1.807, 2.05) is 19.9 Å². The molecule has 10 nitrogen and oxygen atoms in total. The smallest absolute Gasteiger partial charge is 0.343 e. The van der Waals surface area contributed by atoms with Crippen LogP contribution in [0.1, 0.15) is 41.5 Å². The van der Waals surface area contributed by atoms with E-state index in [1.165, 1.54) is 51.5 Å². The number of benzene rings is 3. The van der Waals surface area contributed by atoms with Gasteiger partial charge in [0.15, 0.2) is 23.0 Å². The molecule has 0 bridgehead atoms. The summed E-state index contributed by atoms with van der Waals surface area (Å²) in [5.74, 6) is 1.35. The second-order valence-corrected chi connectivity index (χ2v) is 8.72. The molecule has 0 aliphatic heterocycles. The van der Waals surface area contributed by atoms with Crippen molar-refractivity contribution in [2.75, 3.05) is 28.4 Å².